The summed E-state index contributed by atoms with van der Waals surface area (Å²) in [7, 11) is 0. The van der Waals surface area contributed by atoms with E-state index in [0.717, 1.165) is 5.69 Å². The summed E-state index contributed by atoms with van der Waals surface area (Å²) in [6.45, 7) is 7.79. The lowest BCUT2D eigenvalue weighted by Gasteiger charge is -2.07. The van der Waals surface area contributed by atoms with Gasteiger partial charge in [0, 0.05) is 6.54 Å². The Hall–Kier alpha value is -2.51. The second kappa shape index (κ2) is 5.24. The molecule has 0 aliphatic rings. The number of amides is 1. The molecule has 1 amide bonds. The Bertz CT molecular complexity index is 662. The van der Waals surface area contributed by atoms with Crippen molar-refractivity contribution in [3.8, 4) is 0 Å². The molecule has 2 aromatic rings. The first kappa shape index (κ1) is 13.9. The minimum atomic E-state index is -0.394. The van der Waals surface area contributed by atoms with Crippen molar-refractivity contribution in [1.29, 1.82) is 0 Å². The van der Waals surface area contributed by atoms with E-state index in [1.54, 1.807) is 25.5 Å². The summed E-state index contributed by atoms with van der Waals surface area (Å²) in [5, 5.41) is 14.5. The predicted molar refractivity (Wildman–Crippen MR) is 74.3 cm³/mol. The highest BCUT2D eigenvalue weighted by molar-refractivity contribution is 6.05. The van der Waals surface area contributed by atoms with Crippen molar-refractivity contribution in [3.05, 3.63) is 22.8 Å². The van der Waals surface area contributed by atoms with Gasteiger partial charge in [-0.25, -0.2) is 4.98 Å². The van der Waals surface area contributed by atoms with E-state index in [1.807, 2.05) is 6.92 Å². The Labute approximate surface area is 116 Å². The summed E-state index contributed by atoms with van der Waals surface area (Å²) < 4.78 is 1.55. The van der Waals surface area contributed by atoms with Crippen molar-refractivity contribution in [1.82, 2.24) is 25.0 Å². The molecule has 2 heterocycles. The average Bonchev–Trinajstić information content (AvgIpc) is 2.69. The SMILES string of the molecule is CCn1nc(C)c(N)c1C(=O)Nc1nnc(C)c(C)n1. The van der Waals surface area contributed by atoms with Crippen LogP contribution in [-0.4, -0.2) is 30.9 Å². The van der Waals surface area contributed by atoms with Crippen LogP contribution in [0.3, 0.4) is 0 Å². The van der Waals surface area contributed by atoms with Gasteiger partial charge in [0.15, 0.2) is 0 Å². The molecule has 0 radical (unpaired) electrons. The lowest BCUT2D eigenvalue weighted by molar-refractivity contribution is 0.101. The topological polar surface area (TPSA) is 112 Å². The Kier molecular flexibility index (Phi) is 3.64. The maximum Gasteiger partial charge on any atom is 0.278 e. The van der Waals surface area contributed by atoms with Crippen molar-refractivity contribution in [2.24, 2.45) is 0 Å². The number of nitrogens with zero attached hydrogens (tertiary/aromatic N) is 5. The van der Waals surface area contributed by atoms with E-state index in [-0.39, 0.29) is 5.95 Å². The number of hydrogen-bond donors (Lipinski definition) is 2. The molecule has 0 fully saturated rings. The van der Waals surface area contributed by atoms with E-state index in [1.165, 1.54) is 0 Å². The van der Waals surface area contributed by atoms with Gasteiger partial charge in [-0.2, -0.15) is 10.2 Å². The van der Waals surface area contributed by atoms with E-state index >= 15 is 0 Å². The van der Waals surface area contributed by atoms with Crippen molar-refractivity contribution < 1.29 is 4.79 Å². The number of hydrogen-bond acceptors (Lipinski definition) is 6. The Morgan fingerprint density at radius 2 is 1.90 bits per heavy atom. The molecule has 0 aliphatic carbocycles. The molecule has 3 N–H and O–H groups in total. The Balaban J connectivity index is 2.30. The van der Waals surface area contributed by atoms with Crippen LogP contribution in [0.1, 0.15) is 34.5 Å². The van der Waals surface area contributed by atoms with Crippen LogP contribution in [0, 0.1) is 20.8 Å². The first-order chi connectivity index (χ1) is 9.43. The minimum absolute atomic E-state index is 0.152. The van der Waals surface area contributed by atoms with Crippen LogP contribution >= 0.6 is 0 Å². The number of nitrogens with one attached hydrogen (secondary N) is 1. The number of aromatic nitrogens is 5. The molecule has 0 aromatic carbocycles. The molecule has 0 bridgehead atoms. The molecule has 2 aromatic heterocycles. The van der Waals surface area contributed by atoms with Crippen molar-refractivity contribution in [2.75, 3.05) is 11.1 Å². The summed E-state index contributed by atoms with van der Waals surface area (Å²) >= 11 is 0. The minimum Gasteiger partial charge on any atom is -0.395 e. The summed E-state index contributed by atoms with van der Waals surface area (Å²) in [5.41, 5.74) is 8.61. The van der Waals surface area contributed by atoms with Gasteiger partial charge in [0.25, 0.3) is 5.91 Å². The van der Waals surface area contributed by atoms with E-state index in [2.05, 4.69) is 25.6 Å². The molecule has 0 aliphatic heterocycles. The zero-order valence-corrected chi connectivity index (χ0v) is 11.9. The zero-order chi connectivity index (χ0) is 14.9. The van der Waals surface area contributed by atoms with Crippen molar-refractivity contribution in [2.45, 2.75) is 34.2 Å². The van der Waals surface area contributed by atoms with Crippen LogP contribution in [0.25, 0.3) is 0 Å². The number of carbonyl (C=O) groups excluding carboxylic acids is 1. The normalized spacial score (nSPS) is 10.6. The quantitative estimate of drug-likeness (QED) is 0.858. The fourth-order valence-corrected chi connectivity index (χ4v) is 1.73. The summed E-state index contributed by atoms with van der Waals surface area (Å²) in [6.07, 6.45) is 0. The van der Waals surface area contributed by atoms with Gasteiger partial charge in [-0.3, -0.25) is 14.8 Å². The van der Waals surface area contributed by atoms with Gasteiger partial charge >= 0.3 is 0 Å². The summed E-state index contributed by atoms with van der Waals surface area (Å²) in [5.74, 6) is -0.242. The number of anilines is 2. The highest BCUT2D eigenvalue weighted by atomic mass is 16.2. The first-order valence-electron chi connectivity index (χ1n) is 6.26. The lowest BCUT2D eigenvalue weighted by Crippen LogP contribution is -2.20. The molecule has 8 heteroatoms. The second-order valence-electron chi connectivity index (χ2n) is 4.42. The van der Waals surface area contributed by atoms with Crippen molar-refractivity contribution in [3.63, 3.8) is 0 Å². The van der Waals surface area contributed by atoms with Crippen LogP contribution in [0.2, 0.25) is 0 Å². The number of nitrogen functional groups attached to an aromatic ring is 1. The van der Waals surface area contributed by atoms with Gasteiger partial charge in [0.1, 0.15) is 5.69 Å². The average molecular weight is 275 g/mol. The van der Waals surface area contributed by atoms with E-state index in [4.69, 9.17) is 5.73 Å². The van der Waals surface area contributed by atoms with Gasteiger partial charge in [0.2, 0.25) is 5.95 Å². The standard InChI is InChI=1S/C12H17N7O/c1-5-19-10(9(13)8(4)18-19)11(20)15-12-14-6(2)7(3)16-17-12/h5,13H2,1-4H3,(H,14,15,17,20). The van der Waals surface area contributed by atoms with Gasteiger partial charge in [-0.1, -0.05) is 0 Å². The fourth-order valence-electron chi connectivity index (χ4n) is 1.73. The number of rotatable bonds is 3. The van der Waals surface area contributed by atoms with Crippen molar-refractivity contribution >= 4 is 17.5 Å². The molecule has 0 unspecified atom stereocenters. The Morgan fingerprint density at radius 3 is 2.50 bits per heavy atom. The molecular formula is C12H17N7O. The molecule has 8 nitrogen and oxygen atoms in total. The molecular weight excluding hydrogens is 258 g/mol. The molecule has 0 saturated heterocycles. The lowest BCUT2D eigenvalue weighted by atomic mass is 10.3. The highest BCUT2D eigenvalue weighted by Crippen LogP contribution is 2.17. The smallest absolute Gasteiger partial charge is 0.278 e. The highest BCUT2D eigenvalue weighted by Gasteiger charge is 2.20. The number of nitrogens with two attached hydrogens (primary N) is 1. The molecule has 106 valence electrons. The van der Waals surface area contributed by atoms with Gasteiger partial charge in [-0.15, -0.1) is 5.10 Å². The van der Waals surface area contributed by atoms with Crippen LogP contribution in [0.4, 0.5) is 11.6 Å². The number of aryl methyl sites for hydroxylation is 4. The Morgan fingerprint density at radius 1 is 1.20 bits per heavy atom. The molecule has 0 atom stereocenters. The first-order valence-corrected chi connectivity index (χ1v) is 6.26. The predicted octanol–water partition coefficient (Wildman–Crippen LogP) is 0.848. The molecule has 2 rings (SSSR count). The molecule has 0 saturated carbocycles. The maximum absolute atomic E-state index is 12.3. The fraction of sp³-hybridized carbons (Fsp3) is 0.417. The van der Waals surface area contributed by atoms with Crippen LogP contribution in [-0.2, 0) is 6.54 Å². The third kappa shape index (κ3) is 2.44. The second-order valence-corrected chi connectivity index (χ2v) is 4.42. The van der Waals surface area contributed by atoms with E-state index in [0.29, 0.717) is 29.3 Å². The van der Waals surface area contributed by atoms with E-state index < -0.39 is 5.91 Å². The monoisotopic (exact) mass is 275 g/mol. The van der Waals surface area contributed by atoms with E-state index in [9.17, 15) is 4.79 Å². The van der Waals surface area contributed by atoms with Gasteiger partial charge in [0.05, 0.1) is 22.8 Å². The van der Waals surface area contributed by atoms with Crippen LogP contribution in [0.15, 0.2) is 0 Å². The summed E-state index contributed by atoms with van der Waals surface area (Å²) in [6, 6.07) is 0. The third-order valence-corrected chi connectivity index (χ3v) is 3.01. The maximum atomic E-state index is 12.3. The van der Waals surface area contributed by atoms with Gasteiger partial charge < -0.3 is 5.73 Å². The third-order valence-electron chi connectivity index (χ3n) is 3.01. The number of carbonyl (C=O) groups is 1. The molecule has 20 heavy (non-hydrogen) atoms. The largest absolute Gasteiger partial charge is 0.395 e. The van der Waals surface area contributed by atoms with Gasteiger partial charge in [-0.05, 0) is 27.7 Å². The summed E-state index contributed by atoms with van der Waals surface area (Å²) in [4.78, 5) is 16.4. The zero-order valence-electron chi connectivity index (χ0n) is 11.9. The van der Waals surface area contributed by atoms with Crippen LogP contribution < -0.4 is 11.1 Å². The van der Waals surface area contributed by atoms with Crippen LogP contribution in [0.5, 0.6) is 0 Å². The molecule has 0 spiro atoms.